The summed E-state index contributed by atoms with van der Waals surface area (Å²) in [6.45, 7) is 2.40. The average molecular weight is 259 g/mol. The van der Waals surface area contributed by atoms with Crippen molar-refractivity contribution in [1.29, 1.82) is 0 Å². The van der Waals surface area contributed by atoms with Gasteiger partial charge in [-0.15, -0.1) is 12.4 Å². The summed E-state index contributed by atoms with van der Waals surface area (Å²) in [7, 11) is 1.73. The number of nitrogens with two attached hydrogens (primary N) is 1. The Morgan fingerprint density at radius 2 is 2.00 bits per heavy atom. The predicted octanol–water partition coefficient (Wildman–Crippen LogP) is 1.29. The zero-order valence-electron chi connectivity index (χ0n) is 10.1. The van der Waals surface area contributed by atoms with E-state index in [2.05, 4.69) is 0 Å². The standard InChI is InChI=1S/C12H18N2O2.ClH/c1-10(8-13)14(2)12(15)9-16-11-6-4-3-5-7-11;/h3-7,10H,8-9,13H2,1-2H3;1H. The van der Waals surface area contributed by atoms with Gasteiger partial charge in [-0.25, -0.2) is 0 Å². The van der Waals surface area contributed by atoms with Gasteiger partial charge in [0.1, 0.15) is 5.75 Å². The molecular formula is C12H19ClN2O2. The summed E-state index contributed by atoms with van der Waals surface area (Å²) in [5.74, 6) is 0.631. The topological polar surface area (TPSA) is 55.6 Å². The van der Waals surface area contributed by atoms with Gasteiger partial charge in [0.15, 0.2) is 6.61 Å². The molecule has 0 aromatic heterocycles. The fourth-order valence-corrected chi connectivity index (χ4v) is 1.17. The molecule has 5 heteroatoms. The lowest BCUT2D eigenvalue weighted by molar-refractivity contribution is -0.133. The van der Waals surface area contributed by atoms with Gasteiger partial charge in [-0.1, -0.05) is 18.2 Å². The number of carbonyl (C=O) groups excluding carboxylic acids is 1. The maximum absolute atomic E-state index is 11.7. The molecule has 1 amide bonds. The summed E-state index contributed by atoms with van der Waals surface area (Å²) in [5.41, 5.74) is 5.48. The molecule has 0 saturated heterocycles. The van der Waals surface area contributed by atoms with Crippen molar-refractivity contribution in [2.45, 2.75) is 13.0 Å². The van der Waals surface area contributed by atoms with Gasteiger partial charge >= 0.3 is 0 Å². The van der Waals surface area contributed by atoms with Crippen molar-refractivity contribution in [2.24, 2.45) is 5.73 Å². The number of halogens is 1. The van der Waals surface area contributed by atoms with Gasteiger partial charge in [0, 0.05) is 19.6 Å². The first kappa shape index (κ1) is 15.7. The number of carbonyl (C=O) groups is 1. The number of rotatable bonds is 5. The molecule has 0 fully saturated rings. The van der Waals surface area contributed by atoms with Crippen LogP contribution in [0, 0.1) is 0 Å². The second kappa shape index (κ2) is 7.92. The third kappa shape index (κ3) is 5.06. The summed E-state index contributed by atoms with van der Waals surface area (Å²) in [4.78, 5) is 13.3. The van der Waals surface area contributed by atoms with Crippen LogP contribution in [0.15, 0.2) is 30.3 Å². The number of amides is 1. The van der Waals surface area contributed by atoms with Crippen molar-refractivity contribution in [2.75, 3.05) is 20.2 Å². The lowest BCUT2D eigenvalue weighted by atomic mass is 10.3. The van der Waals surface area contributed by atoms with E-state index in [1.54, 1.807) is 11.9 Å². The molecule has 0 aliphatic rings. The van der Waals surface area contributed by atoms with Gasteiger partial charge in [0.05, 0.1) is 0 Å². The third-order valence-corrected chi connectivity index (χ3v) is 2.50. The minimum Gasteiger partial charge on any atom is -0.484 e. The van der Waals surface area contributed by atoms with E-state index in [9.17, 15) is 4.79 Å². The minimum atomic E-state index is -0.0678. The SMILES string of the molecule is CC(CN)N(C)C(=O)COc1ccccc1.Cl. The molecule has 1 rings (SSSR count). The second-order valence-electron chi connectivity index (χ2n) is 3.69. The highest BCUT2D eigenvalue weighted by Gasteiger charge is 2.14. The Morgan fingerprint density at radius 3 is 2.53 bits per heavy atom. The van der Waals surface area contributed by atoms with E-state index in [1.165, 1.54) is 0 Å². The molecule has 96 valence electrons. The van der Waals surface area contributed by atoms with Crippen molar-refractivity contribution in [3.8, 4) is 5.75 Å². The van der Waals surface area contributed by atoms with E-state index in [0.29, 0.717) is 12.3 Å². The molecule has 0 aliphatic carbocycles. The van der Waals surface area contributed by atoms with Gasteiger partial charge in [0.2, 0.25) is 0 Å². The van der Waals surface area contributed by atoms with Crippen LogP contribution in [0.1, 0.15) is 6.92 Å². The van der Waals surface area contributed by atoms with Crippen molar-refractivity contribution >= 4 is 18.3 Å². The van der Waals surface area contributed by atoms with Crippen LogP contribution >= 0.6 is 12.4 Å². The van der Waals surface area contributed by atoms with Crippen LogP contribution in [0.3, 0.4) is 0 Å². The van der Waals surface area contributed by atoms with Gasteiger partial charge in [-0.2, -0.15) is 0 Å². The number of hydrogen-bond acceptors (Lipinski definition) is 3. The van der Waals surface area contributed by atoms with E-state index in [4.69, 9.17) is 10.5 Å². The average Bonchev–Trinajstić information content (AvgIpc) is 2.35. The van der Waals surface area contributed by atoms with Gasteiger partial charge < -0.3 is 15.4 Å². The summed E-state index contributed by atoms with van der Waals surface area (Å²) in [6.07, 6.45) is 0. The first-order valence-electron chi connectivity index (χ1n) is 5.28. The van der Waals surface area contributed by atoms with Crippen LogP contribution in [0.5, 0.6) is 5.75 Å². The Labute approximate surface area is 108 Å². The second-order valence-corrected chi connectivity index (χ2v) is 3.69. The molecule has 4 nitrogen and oxygen atoms in total. The maximum atomic E-state index is 11.7. The fourth-order valence-electron chi connectivity index (χ4n) is 1.17. The fraction of sp³-hybridized carbons (Fsp3) is 0.417. The molecule has 0 radical (unpaired) electrons. The molecule has 17 heavy (non-hydrogen) atoms. The maximum Gasteiger partial charge on any atom is 0.260 e. The summed E-state index contributed by atoms with van der Waals surface area (Å²) in [6, 6.07) is 9.31. The lowest BCUT2D eigenvalue weighted by Crippen LogP contribution is -2.42. The molecule has 0 saturated carbocycles. The highest BCUT2D eigenvalue weighted by atomic mass is 35.5. The van der Waals surface area contributed by atoms with E-state index in [1.807, 2.05) is 37.3 Å². The van der Waals surface area contributed by atoms with Crippen LogP contribution in [-0.4, -0.2) is 37.0 Å². The van der Waals surface area contributed by atoms with Crippen LogP contribution in [0.2, 0.25) is 0 Å². The minimum absolute atomic E-state index is 0. The number of ether oxygens (including phenoxy) is 1. The number of likely N-dealkylation sites (N-methyl/N-ethyl adjacent to an activating group) is 1. The van der Waals surface area contributed by atoms with Crippen molar-refractivity contribution < 1.29 is 9.53 Å². The first-order valence-corrected chi connectivity index (χ1v) is 5.28. The van der Waals surface area contributed by atoms with Crippen LogP contribution < -0.4 is 10.5 Å². The molecule has 1 unspecified atom stereocenters. The highest BCUT2D eigenvalue weighted by molar-refractivity contribution is 5.85. The Hall–Kier alpha value is -1.26. The van der Waals surface area contributed by atoms with Gasteiger partial charge in [-0.05, 0) is 19.1 Å². The number of para-hydroxylation sites is 1. The molecule has 2 N–H and O–H groups in total. The quantitative estimate of drug-likeness (QED) is 0.866. The zero-order chi connectivity index (χ0) is 12.0. The van der Waals surface area contributed by atoms with Gasteiger partial charge in [0.25, 0.3) is 5.91 Å². The molecule has 1 aromatic carbocycles. The predicted molar refractivity (Wildman–Crippen MR) is 70.5 cm³/mol. The van der Waals surface area contributed by atoms with E-state index in [-0.39, 0.29) is 31.0 Å². The molecule has 0 aliphatic heterocycles. The van der Waals surface area contributed by atoms with Crippen LogP contribution in [0.4, 0.5) is 0 Å². The molecule has 1 atom stereocenters. The third-order valence-electron chi connectivity index (χ3n) is 2.50. The highest BCUT2D eigenvalue weighted by Crippen LogP contribution is 2.08. The smallest absolute Gasteiger partial charge is 0.260 e. The molecule has 0 spiro atoms. The Balaban J connectivity index is 0.00000256. The number of benzene rings is 1. The largest absolute Gasteiger partial charge is 0.484 e. The van der Waals surface area contributed by atoms with Crippen molar-refractivity contribution in [3.63, 3.8) is 0 Å². The van der Waals surface area contributed by atoms with E-state index < -0.39 is 0 Å². The van der Waals surface area contributed by atoms with Crippen LogP contribution in [0.25, 0.3) is 0 Å². The number of nitrogens with zero attached hydrogens (tertiary/aromatic N) is 1. The molecule has 0 heterocycles. The first-order chi connectivity index (χ1) is 7.65. The Bertz CT molecular complexity index is 333. The van der Waals surface area contributed by atoms with E-state index in [0.717, 1.165) is 0 Å². The summed E-state index contributed by atoms with van der Waals surface area (Å²) >= 11 is 0. The molecule has 1 aromatic rings. The normalized spacial score (nSPS) is 11.2. The Morgan fingerprint density at radius 1 is 1.41 bits per heavy atom. The van der Waals surface area contributed by atoms with Crippen LogP contribution in [-0.2, 0) is 4.79 Å². The van der Waals surface area contributed by atoms with Crippen molar-refractivity contribution in [3.05, 3.63) is 30.3 Å². The lowest BCUT2D eigenvalue weighted by Gasteiger charge is -2.23. The Kier molecular flexibility index (Phi) is 7.34. The zero-order valence-corrected chi connectivity index (χ0v) is 10.9. The van der Waals surface area contributed by atoms with Gasteiger partial charge in [-0.3, -0.25) is 4.79 Å². The van der Waals surface area contributed by atoms with Crippen molar-refractivity contribution in [1.82, 2.24) is 4.90 Å². The monoisotopic (exact) mass is 258 g/mol. The molecular weight excluding hydrogens is 240 g/mol. The summed E-state index contributed by atoms with van der Waals surface area (Å²) in [5, 5.41) is 0. The summed E-state index contributed by atoms with van der Waals surface area (Å²) < 4.78 is 5.35. The van der Waals surface area contributed by atoms with E-state index >= 15 is 0 Å². The number of hydrogen-bond donors (Lipinski definition) is 1. The molecule has 0 bridgehead atoms.